The van der Waals surface area contributed by atoms with Gasteiger partial charge in [-0.25, -0.2) is 0 Å². The molecule has 0 aliphatic heterocycles. The second-order valence-corrected chi connectivity index (χ2v) is 2.17. The lowest BCUT2D eigenvalue weighted by molar-refractivity contribution is -0.141. The lowest BCUT2D eigenvalue weighted by Gasteiger charge is -2.06. The Kier molecular flexibility index (Phi) is 9.02. The number of nitrogens with zero attached hydrogens (tertiary/aromatic N) is 1. The lowest BCUT2D eigenvalue weighted by atomic mass is 10.2. The van der Waals surface area contributed by atoms with Gasteiger partial charge in [0.05, 0.1) is 0 Å². The molecule has 1 aromatic heterocycles. The highest BCUT2D eigenvalue weighted by molar-refractivity contribution is 5.19. The molecule has 0 spiro atoms. The van der Waals surface area contributed by atoms with Crippen LogP contribution in [-0.4, -0.2) is 4.98 Å². The van der Waals surface area contributed by atoms with E-state index in [9.17, 15) is 13.2 Å². The molecule has 15 heavy (non-hydrogen) atoms. The SMILES string of the molecule is CC.CC.Cc1cccnc1C(F)(F)F. The highest BCUT2D eigenvalue weighted by Crippen LogP contribution is 2.29. The zero-order valence-corrected chi connectivity index (χ0v) is 9.81. The van der Waals surface area contributed by atoms with Gasteiger partial charge in [-0.05, 0) is 18.6 Å². The average Bonchev–Trinajstić information content (AvgIpc) is 2.23. The number of hydrogen-bond acceptors (Lipinski definition) is 1. The van der Waals surface area contributed by atoms with Crippen LogP contribution in [0.1, 0.15) is 39.0 Å². The smallest absolute Gasteiger partial charge is 0.252 e. The highest BCUT2D eigenvalue weighted by Gasteiger charge is 2.33. The molecule has 0 atom stereocenters. The fraction of sp³-hybridized carbons (Fsp3) is 0.545. The molecule has 0 fully saturated rings. The Hall–Kier alpha value is -1.06. The summed E-state index contributed by atoms with van der Waals surface area (Å²) in [5.41, 5.74) is -0.653. The summed E-state index contributed by atoms with van der Waals surface area (Å²) in [6.45, 7) is 9.38. The summed E-state index contributed by atoms with van der Waals surface area (Å²) in [5, 5.41) is 0. The number of aryl methyl sites for hydroxylation is 1. The maximum atomic E-state index is 12.0. The average molecular weight is 221 g/mol. The van der Waals surface area contributed by atoms with Gasteiger partial charge < -0.3 is 0 Å². The summed E-state index contributed by atoms with van der Waals surface area (Å²) in [5.74, 6) is 0. The minimum atomic E-state index is -4.33. The van der Waals surface area contributed by atoms with Crippen molar-refractivity contribution in [1.29, 1.82) is 0 Å². The minimum Gasteiger partial charge on any atom is -0.252 e. The predicted molar refractivity (Wildman–Crippen MR) is 56.7 cm³/mol. The van der Waals surface area contributed by atoms with Crippen molar-refractivity contribution in [1.82, 2.24) is 4.98 Å². The van der Waals surface area contributed by atoms with E-state index in [0.717, 1.165) is 6.20 Å². The largest absolute Gasteiger partial charge is 0.433 e. The summed E-state index contributed by atoms with van der Waals surface area (Å²) >= 11 is 0. The Morgan fingerprint density at radius 2 is 1.53 bits per heavy atom. The van der Waals surface area contributed by atoms with Gasteiger partial charge >= 0.3 is 6.18 Å². The van der Waals surface area contributed by atoms with E-state index in [0.29, 0.717) is 0 Å². The standard InChI is InChI=1S/C7H6F3N.2C2H6/c1-5-3-2-4-11-6(5)7(8,9)10;2*1-2/h2-4H,1H3;2*1-2H3. The first-order chi connectivity index (χ1) is 7.02. The Balaban J connectivity index is 0. The summed E-state index contributed by atoms with van der Waals surface area (Å²) in [6.07, 6.45) is -3.19. The van der Waals surface area contributed by atoms with Crippen molar-refractivity contribution in [2.24, 2.45) is 0 Å². The third kappa shape index (κ3) is 6.10. The fourth-order valence-electron chi connectivity index (χ4n) is 0.782. The molecule has 1 heterocycles. The molecule has 0 aromatic carbocycles. The monoisotopic (exact) mass is 221 g/mol. The van der Waals surface area contributed by atoms with Crippen molar-refractivity contribution in [3.8, 4) is 0 Å². The van der Waals surface area contributed by atoms with Gasteiger partial charge in [0.25, 0.3) is 0 Å². The molecule has 4 heteroatoms. The topological polar surface area (TPSA) is 12.9 Å². The zero-order chi connectivity index (χ0) is 12.5. The van der Waals surface area contributed by atoms with Crippen LogP contribution in [0.2, 0.25) is 0 Å². The first kappa shape index (κ1) is 16.4. The van der Waals surface area contributed by atoms with Gasteiger partial charge in [0.15, 0.2) is 0 Å². The summed E-state index contributed by atoms with van der Waals surface area (Å²) in [4.78, 5) is 3.22. The van der Waals surface area contributed by atoms with E-state index in [2.05, 4.69) is 4.98 Å². The fourth-order valence-corrected chi connectivity index (χ4v) is 0.782. The molecule has 0 aliphatic carbocycles. The molecular weight excluding hydrogens is 203 g/mol. The van der Waals surface area contributed by atoms with Crippen LogP contribution in [0.3, 0.4) is 0 Å². The Labute approximate surface area is 89.3 Å². The highest BCUT2D eigenvalue weighted by atomic mass is 19.4. The molecule has 1 rings (SSSR count). The molecular formula is C11H18F3N. The van der Waals surface area contributed by atoms with Crippen molar-refractivity contribution in [2.75, 3.05) is 0 Å². The summed E-state index contributed by atoms with van der Waals surface area (Å²) in [6, 6.07) is 2.86. The normalized spacial score (nSPS) is 9.33. The molecule has 0 unspecified atom stereocenters. The first-order valence-electron chi connectivity index (χ1n) is 5.00. The third-order valence-electron chi connectivity index (χ3n) is 1.28. The van der Waals surface area contributed by atoms with E-state index in [1.54, 1.807) is 0 Å². The second kappa shape index (κ2) is 8.26. The Morgan fingerprint density at radius 1 is 1.07 bits per heavy atom. The van der Waals surface area contributed by atoms with E-state index in [4.69, 9.17) is 0 Å². The molecule has 0 amide bonds. The van der Waals surface area contributed by atoms with Crippen molar-refractivity contribution >= 4 is 0 Å². The molecule has 1 aromatic rings. The zero-order valence-electron chi connectivity index (χ0n) is 9.81. The van der Waals surface area contributed by atoms with Gasteiger partial charge in [0.1, 0.15) is 5.69 Å². The Morgan fingerprint density at radius 3 is 1.80 bits per heavy atom. The van der Waals surface area contributed by atoms with Crippen LogP contribution in [-0.2, 0) is 6.18 Å². The summed E-state index contributed by atoms with van der Waals surface area (Å²) in [7, 11) is 0. The summed E-state index contributed by atoms with van der Waals surface area (Å²) < 4.78 is 36.0. The Bertz CT molecular complexity index is 256. The van der Waals surface area contributed by atoms with Crippen molar-refractivity contribution in [2.45, 2.75) is 40.8 Å². The van der Waals surface area contributed by atoms with Crippen LogP contribution < -0.4 is 0 Å². The van der Waals surface area contributed by atoms with E-state index in [-0.39, 0.29) is 5.56 Å². The molecule has 0 radical (unpaired) electrons. The number of rotatable bonds is 0. The predicted octanol–water partition coefficient (Wildman–Crippen LogP) is 4.46. The van der Waals surface area contributed by atoms with Crippen LogP contribution in [0.15, 0.2) is 18.3 Å². The molecule has 0 saturated carbocycles. The van der Waals surface area contributed by atoms with Crippen molar-refractivity contribution < 1.29 is 13.2 Å². The number of aromatic nitrogens is 1. The van der Waals surface area contributed by atoms with Crippen LogP contribution in [0.4, 0.5) is 13.2 Å². The molecule has 0 saturated heterocycles. The van der Waals surface area contributed by atoms with Crippen LogP contribution in [0.5, 0.6) is 0 Å². The molecule has 88 valence electrons. The first-order valence-corrected chi connectivity index (χ1v) is 5.00. The maximum Gasteiger partial charge on any atom is 0.433 e. The number of hydrogen-bond donors (Lipinski definition) is 0. The van der Waals surface area contributed by atoms with E-state index < -0.39 is 11.9 Å². The van der Waals surface area contributed by atoms with Crippen LogP contribution in [0, 0.1) is 6.92 Å². The molecule has 1 nitrogen and oxygen atoms in total. The van der Waals surface area contributed by atoms with E-state index in [1.165, 1.54) is 19.1 Å². The van der Waals surface area contributed by atoms with Crippen LogP contribution >= 0.6 is 0 Å². The molecule has 0 aliphatic rings. The molecule has 0 N–H and O–H groups in total. The van der Waals surface area contributed by atoms with E-state index in [1.807, 2.05) is 27.7 Å². The maximum absolute atomic E-state index is 12.0. The van der Waals surface area contributed by atoms with Crippen molar-refractivity contribution in [3.05, 3.63) is 29.6 Å². The van der Waals surface area contributed by atoms with Gasteiger partial charge in [-0.3, -0.25) is 4.98 Å². The second-order valence-electron chi connectivity index (χ2n) is 2.17. The van der Waals surface area contributed by atoms with Gasteiger partial charge in [-0.15, -0.1) is 0 Å². The lowest BCUT2D eigenvalue weighted by Crippen LogP contribution is -2.09. The van der Waals surface area contributed by atoms with Gasteiger partial charge in [0.2, 0.25) is 0 Å². The van der Waals surface area contributed by atoms with Gasteiger partial charge in [0, 0.05) is 6.20 Å². The molecule has 0 bridgehead atoms. The van der Waals surface area contributed by atoms with Gasteiger partial charge in [-0.1, -0.05) is 33.8 Å². The minimum absolute atomic E-state index is 0.153. The van der Waals surface area contributed by atoms with Gasteiger partial charge in [-0.2, -0.15) is 13.2 Å². The quantitative estimate of drug-likeness (QED) is 0.630. The number of pyridine rings is 1. The number of alkyl halides is 3. The van der Waals surface area contributed by atoms with Crippen LogP contribution in [0.25, 0.3) is 0 Å². The number of halogens is 3. The van der Waals surface area contributed by atoms with Crippen molar-refractivity contribution in [3.63, 3.8) is 0 Å². The van der Waals surface area contributed by atoms with E-state index >= 15 is 0 Å². The third-order valence-corrected chi connectivity index (χ3v) is 1.28.